The Balaban J connectivity index is 0.00000280. The Bertz CT molecular complexity index is 756. The molecule has 1 atom stereocenters. The molecule has 0 aliphatic carbocycles. The molecule has 3 rings (SSSR count). The van der Waals surface area contributed by atoms with Gasteiger partial charge in [-0.3, -0.25) is 9.89 Å². The summed E-state index contributed by atoms with van der Waals surface area (Å²) in [6.45, 7) is 8.48. The standard InChI is InChI=1S/C21H34N6.HI/c1-4-19-9-5-6-13-26(19)15-12-24-21(22-3)23-11-10-18-16-27-14-7-8-17(2)20(27)25-18;/h7-8,14,16,19H,4-6,9-13,15H2,1-3H3,(H2,22,23,24);1H. The maximum Gasteiger partial charge on any atom is 0.191 e. The highest BCUT2D eigenvalue weighted by Gasteiger charge is 2.19. The van der Waals surface area contributed by atoms with Crippen molar-refractivity contribution in [2.75, 3.05) is 33.2 Å². The maximum absolute atomic E-state index is 4.73. The van der Waals surface area contributed by atoms with Crippen molar-refractivity contribution in [2.45, 2.75) is 52.0 Å². The summed E-state index contributed by atoms with van der Waals surface area (Å²) < 4.78 is 2.10. The second kappa shape index (κ2) is 11.6. The molecule has 0 amide bonds. The van der Waals surface area contributed by atoms with E-state index < -0.39 is 0 Å². The Morgan fingerprint density at radius 2 is 2.11 bits per heavy atom. The van der Waals surface area contributed by atoms with Crippen LogP contribution in [0, 0.1) is 6.92 Å². The number of imidazole rings is 1. The Morgan fingerprint density at radius 1 is 1.29 bits per heavy atom. The van der Waals surface area contributed by atoms with Gasteiger partial charge in [-0.1, -0.05) is 19.4 Å². The third kappa shape index (κ3) is 6.07. The average molecular weight is 498 g/mol. The van der Waals surface area contributed by atoms with Crippen molar-refractivity contribution in [2.24, 2.45) is 4.99 Å². The molecule has 1 aliphatic heterocycles. The Morgan fingerprint density at radius 3 is 2.86 bits per heavy atom. The molecule has 3 heterocycles. The predicted octanol–water partition coefficient (Wildman–Crippen LogP) is 3.23. The van der Waals surface area contributed by atoms with E-state index in [4.69, 9.17) is 4.98 Å². The molecular weight excluding hydrogens is 463 g/mol. The fraction of sp³-hybridized carbons (Fsp3) is 0.619. The first-order valence-corrected chi connectivity index (χ1v) is 10.3. The second-order valence-corrected chi connectivity index (χ2v) is 7.42. The second-order valence-electron chi connectivity index (χ2n) is 7.42. The fourth-order valence-electron chi connectivity index (χ4n) is 3.99. The number of pyridine rings is 1. The molecule has 0 radical (unpaired) electrons. The van der Waals surface area contributed by atoms with Crippen molar-refractivity contribution >= 4 is 35.6 Å². The lowest BCUT2D eigenvalue weighted by Crippen LogP contribution is -2.46. The quantitative estimate of drug-likeness (QED) is 0.350. The predicted molar refractivity (Wildman–Crippen MR) is 128 cm³/mol. The van der Waals surface area contributed by atoms with Gasteiger partial charge in [0.2, 0.25) is 0 Å². The summed E-state index contributed by atoms with van der Waals surface area (Å²) in [6, 6.07) is 4.92. The summed E-state index contributed by atoms with van der Waals surface area (Å²) in [7, 11) is 1.83. The van der Waals surface area contributed by atoms with Crippen LogP contribution < -0.4 is 10.6 Å². The van der Waals surface area contributed by atoms with Crippen LogP contribution in [0.5, 0.6) is 0 Å². The van der Waals surface area contributed by atoms with Gasteiger partial charge in [-0.15, -0.1) is 24.0 Å². The summed E-state index contributed by atoms with van der Waals surface area (Å²) in [5.41, 5.74) is 3.35. The van der Waals surface area contributed by atoms with Gasteiger partial charge in [-0.05, 0) is 44.4 Å². The van der Waals surface area contributed by atoms with Crippen molar-refractivity contribution in [1.29, 1.82) is 0 Å². The summed E-state index contributed by atoms with van der Waals surface area (Å²) in [4.78, 5) is 11.7. The number of aryl methyl sites for hydroxylation is 1. The minimum atomic E-state index is 0. The minimum absolute atomic E-state index is 0. The Kier molecular flexibility index (Phi) is 9.50. The van der Waals surface area contributed by atoms with Crippen LogP contribution in [0.1, 0.15) is 43.9 Å². The molecule has 0 aromatic carbocycles. The summed E-state index contributed by atoms with van der Waals surface area (Å²) in [5.74, 6) is 0.875. The topological polar surface area (TPSA) is 57.0 Å². The number of rotatable bonds is 7. The third-order valence-electron chi connectivity index (χ3n) is 5.54. The average Bonchev–Trinajstić information content (AvgIpc) is 3.11. The highest BCUT2D eigenvalue weighted by Crippen LogP contribution is 2.18. The molecular formula is C21H35IN6. The molecule has 0 bridgehead atoms. The number of hydrogen-bond donors (Lipinski definition) is 2. The lowest BCUT2D eigenvalue weighted by molar-refractivity contribution is 0.147. The van der Waals surface area contributed by atoms with Gasteiger partial charge in [-0.25, -0.2) is 4.98 Å². The smallest absolute Gasteiger partial charge is 0.191 e. The zero-order valence-electron chi connectivity index (χ0n) is 17.4. The molecule has 1 unspecified atom stereocenters. The van der Waals surface area contributed by atoms with Gasteiger partial charge in [0, 0.05) is 51.5 Å². The van der Waals surface area contributed by atoms with Crippen LogP contribution in [0.25, 0.3) is 5.65 Å². The Hall–Kier alpha value is -1.35. The number of nitrogens with one attached hydrogen (secondary N) is 2. The van der Waals surface area contributed by atoms with Crippen LogP contribution in [0.4, 0.5) is 0 Å². The lowest BCUT2D eigenvalue weighted by atomic mass is 10.0. The van der Waals surface area contributed by atoms with E-state index in [0.29, 0.717) is 0 Å². The molecule has 2 N–H and O–H groups in total. The highest BCUT2D eigenvalue weighted by atomic mass is 127. The first-order chi connectivity index (χ1) is 13.2. The largest absolute Gasteiger partial charge is 0.356 e. The number of aliphatic imine (C=N–C) groups is 1. The van der Waals surface area contributed by atoms with E-state index in [0.717, 1.165) is 49.4 Å². The van der Waals surface area contributed by atoms with Crippen molar-refractivity contribution in [3.8, 4) is 0 Å². The number of nitrogens with zero attached hydrogens (tertiary/aromatic N) is 4. The van der Waals surface area contributed by atoms with Crippen LogP contribution in [0.3, 0.4) is 0 Å². The zero-order chi connectivity index (χ0) is 19.1. The highest BCUT2D eigenvalue weighted by molar-refractivity contribution is 14.0. The van der Waals surface area contributed by atoms with Gasteiger partial charge >= 0.3 is 0 Å². The monoisotopic (exact) mass is 498 g/mol. The van der Waals surface area contributed by atoms with Gasteiger partial charge in [0.1, 0.15) is 5.65 Å². The zero-order valence-corrected chi connectivity index (χ0v) is 19.8. The summed E-state index contributed by atoms with van der Waals surface area (Å²) >= 11 is 0. The molecule has 2 aromatic heterocycles. The van der Waals surface area contributed by atoms with E-state index in [2.05, 4.69) is 63.3 Å². The van der Waals surface area contributed by atoms with Crippen LogP contribution in [0.2, 0.25) is 0 Å². The molecule has 0 spiro atoms. The molecule has 1 saturated heterocycles. The number of halogens is 1. The number of aromatic nitrogens is 2. The molecule has 156 valence electrons. The van der Waals surface area contributed by atoms with E-state index in [1.54, 1.807) is 0 Å². The van der Waals surface area contributed by atoms with Crippen molar-refractivity contribution < 1.29 is 0 Å². The summed E-state index contributed by atoms with van der Waals surface area (Å²) in [5, 5.41) is 6.87. The van der Waals surface area contributed by atoms with Crippen molar-refractivity contribution in [1.82, 2.24) is 24.9 Å². The van der Waals surface area contributed by atoms with Gasteiger partial charge in [0.05, 0.1) is 5.69 Å². The number of guanidine groups is 1. The number of hydrogen-bond acceptors (Lipinski definition) is 3. The number of fused-ring (bicyclic) bond motifs is 1. The van der Waals surface area contributed by atoms with Gasteiger partial charge in [0.25, 0.3) is 0 Å². The fourth-order valence-corrected chi connectivity index (χ4v) is 3.99. The van der Waals surface area contributed by atoms with Crippen LogP contribution >= 0.6 is 24.0 Å². The van der Waals surface area contributed by atoms with Gasteiger partial charge < -0.3 is 15.0 Å². The van der Waals surface area contributed by atoms with E-state index in [-0.39, 0.29) is 24.0 Å². The number of likely N-dealkylation sites (tertiary alicyclic amines) is 1. The molecule has 7 heteroatoms. The van der Waals surface area contributed by atoms with Crippen LogP contribution in [0.15, 0.2) is 29.5 Å². The van der Waals surface area contributed by atoms with E-state index in [1.807, 2.05) is 7.05 Å². The first-order valence-electron chi connectivity index (χ1n) is 10.3. The lowest BCUT2D eigenvalue weighted by Gasteiger charge is -2.35. The van der Waals surface area contributed by atoms with Gasteiger partial charge in [-0.2, -0.15) is 0 Å². The van der Waals surface area contributed by atoms with E-state index in [9.17, 15) is 0 Å². The van der Waals surface area contributed by atoms with Crippen LogP contribution in [-0.2, 0) is 6.42 Å². The van der Waals surface area contributed by atoms with E-state index in [1.165, 1.54) is 37.8 Å². The molecule has 6 nitrogen and oxygen atoms in total. The number of piperidine rings is 1. The van der Waals surface area contributed by atoms with Crippen LogP contribution in [-0.4, -0.2) is 59.5 Å². The molecule has 0 saturated carbocycles. The molecule has 28 heavy (non-hydrogen) atoms. The van der Waals surface area contributed by atoms with Gasteiger partial charge in [0.15, 0.2) is 5.96 Å². The Labute approximate surface area is 186 Å². The third-order valence-corrected chi connectivity index (χ3v) is 5.54. The first kappa shape index (κ1) is 22.9. The van der Waals surface area contributed by atoms with E-state index >= 15 is 0 Å². The minimum Gasteiger partial charge on any atom is -0.356 e. The van der Waals surface area contributed by atoms with Crippen molar-refractivity contribution in [3.05, 3.63) is 35.8 Å². The summed E-state index contributed by atoms with van der Waals surface area (Å²) in [6.07, 6.45) is 10.4. The molecule has 1 fully saturated rings. The maximum atomic E-state index is 4.73. The SMILES string of the molecule is CCC1CCCCN1CCNC(=NC)NCCc1cn2cccc(C)c2n1.I. The molecule has 2 aromatic rings. The normalized spacial score (nSPS) is 18.1. The molecule has 1 aliphatic rings. The van der Waals surface area contributed by atoms with Crippen molar-refractivity contribution in [3.63, 3.8) is 0 Å².